The van der Waals surface area contributed by atoms with Crippen LogP contribution < -0.4 is 11.1 Å². The van der Waals surface area contributed by atoms with Crippen molar-refractivity contribution in [3.05, 3.63) is 11.4 Å². The van der Waals surface area contributed by atoms with Crippen molar-refractivity contribution in [2.45, 2.75) is 33.6 Å². The molecule has 0 amide bonds. The fraction of sp³-hybridized carbons (Fsp3) is 0.600. The molecule has 4 nitrogen and oxygen atoms in total. The maximum absolute atomic E-state index is 5.75. The molecule has 0 unspecified atom stereocenters. The van der Waals surface area contributed by atoms with Gasteiger partial charge in [0, 0.05) is 6.54 Å². The minimum Gasteiger partial charge on any atom is -0.396 e. The van der Waals surface area contributed by atoms with Crippen molar-refractivity contribution in [3.8, 4) is 0 Å². The third kappa shape index (κ3) is 2.58. The first-order valence-corrected chi connectivity index (χ1v) is 4.99. The van der Waals surface area contributed by atoms with Crippen LogP contribution in [-0.4, -0.2) is 16.5 Å². The van der Waals surface area contributed by atoms with E-state index in [1.165, 1.54) is 6.42 Å². The molecule has 0 aliphatic rings. The van der Waals surface area contributed by atoms with Gasteiger partial charge in [-0.1, -0.05) is 13.3 Å². The Morgan fingerprint density at radius 1 is 1.21 bits per heavy atom. The van der Waals surface area contributed by atoms with Crippen LogP contribution in [0.3, 0.4) is 0 Å². The normalized spacial score (nSPS) is 10.2. The van der Waals surface area contributed by atoms with Crippen LogP contribution >= 0.6 is 0 Å². The molecule has 0 fully saturated rings. The first-order valence-electron chi connectivity index (χ1n) is 4.99. The fourth-order valence-corrected chi connectivity index (χ4v) is 1.18. The van der Waals surface area contributed by atoms with E-state index in [0.29, 0.717) is 11.6 Å². The van der Waals surface area contributed by atoms with Gasteiger partial charge in [-0.25, -0.2) is 9.97 Å². The lowest BCUT2D eigenvalue weighted by atomic mass is 10.3. The van der Waals surface area contributed by atoms with Crippen molar-refractivity contribution in [1.29, 1.82) is 0 Å². The van der Waals surface area contributed by atoms with Crippen molar-refractivity contribution >= 4 is 11.6 Å². The van der Waals surface area contributed by atoms with E-state index in [1.54, 1.807) is 0 Å². The highest BCUT2D eigenvalue weighted by atomic mass is 15.1. The average molecular weight is 194 g/mol. The number of nitrogens with two attached hydrogens (primary N) is 1. The Balaban J connectivity index is 2.69. The van der Waals surface area contributed by atoms with Gasteiger partial charge in [-0.05, 0) is 20.3 Å². The Morgan fingerprint density at radius 3 is 2.29 bits per heavy atom. The molecule has 0 aliphatic heterocycles. The van der Waals surface area contributed by atoms with E-state index in [2.05, 4.69) is 22.2 Å². The Hall–Kier alpha value is -1.32. The highest BCUT2D eigenvalue weighted by Crippen LogP contribution is 2.13. The van der Waals surface area contributed by atoms with Crippen molar-refractivity contribution in [2.24, 2.45) is 0 Å². The molecule has 1 heterocycles. The Morgan fingerprint density at radius 2 is 1.79 bits per heavy atom. The van der Waals surface area contributed by atoms with E-state index < -0.39 is 0 Å². The second-order valence-corrected chi connectivity index (χ2v) is 3.41. The molecule has 3 N–H and O–H groups in total. The molecule has 4 heteroatoms. The van der Waals surface area contributed by atoms with Crippen LogP contribution in [-0.2, 0) is 0 Å². The number of aromatic nitrogens is 2. The van der Waals surface area contributed by atoms with E-state index in [4.69, 9.17) is 5.73 Å². The predicted molar refractivity (Wildman–Crippen MR) is 59.3 cm³/mol. The van der Waals surface area contributed by atoms with Gasteiger partial charge in [-0.3, -0.25) is 0 Å². The van der Waals surface area contributed by atoms with Gasteiger partial charge < -0.3 is 11.1 Å². The van der Waals surface area contributed by atoms with Crippen LogP contribution in [0.1, 0.15) is 31.2 Å². The predicted octanol–water partition coefficient (Wildman–Crippen LogP) is 1.89. The summed E-state index contributed by atoms with van der Waals surface area (Å²) in [5, 5.41) is 3.18. The van der Waals surface area contributed by atoms with E-state index in [-0.39, 0.29) is 0 Å². The zero-order chi connectivity index (χ0) is 10.6. The minimum atomic E-state index is 0.683. The molecular weight excluding hydrogens is 176 g/mol. The molecule has 0 radical (unpaired) electrons. The number of hydrogen-bond acceptors (Lipinski definition) is 4. The fourth-order valence-electron chi connectivity index (χ4n) is 1.18. The van der Waals surface area contributed by atoms with Gasteiger partial charge in [0.05, 0.1) is 17.1 Å². The molecule has 0 atom stereocenters. The standard InChI is InChI=1S/C10H18N4/c1-4-5-6-12-10-13-7(2)9(11)8(3)14-10/h4-6,11H2,1-3H3,(H,12,13,14). The molecule has 0 spiro atoms. The molecule has 0 saturated heterocycles. The number of nitrogens with one attached hydrogen (secondary N) is 1. The van der Waals surface area contributed by atoms with Crippen LogP contribution in [0.4, 0.5) is 11.6 Å². The number of nitrogen functional groups attached to an aromatic ring is 1. The second kappa shape index (κ2) is 4.79. The second-order valence-electron chi connectivity index (χ2n) is 3.41. The number of unbranched alkanes of at least 4 members (excludes halogenated alkanes) is 1. The molecule has 1 aromatic heterocycles. The molecule has 1 rings (SSSR count). The molecular formula is C10H18N4. The molecule has 0 saturated carbocycles. The number of hydrogen-bond donors (Lipinski definition) is 2. The van der Waals surface area contributed by atoms with Gasteiger partial charge in [-0.15, -0.1) is 0 Å². The highest BCUT2D eigenvalue weighted by molar-refractivity contribution is 5.49. The third-order valence-corrected chi connectivity index (χ3v) is 2.14. The summed E-state index contributed by atoms with van der Waals surface area (Å²) in [5.74, 6) is 0.683. The Labute approximate surface area is 85.0 Å². The summed E-state index contributed by atoms with van der Waals surface area (Å²) in [7, 11) is 0. The first kappa shape index (κ1) is 10.8. The van der Waals surface area contributed by atoms with Crippen LogP contribution in [0.5, 0.6) is 0 Å². The Kier molecular flexibility index (Phi) is 3.68. The average Bonchev–Trinajstić information content (AvgIpc) is 2.14. The van der Waals surface area contributed by atoms with Gasteiger partial charge in [-0.2, -0.15) is 0 Å². The van der Waals surface area contributed by atoms with Crippen LogP contribution in [0, 0.1) is 13.8 Å². The molecule has 0 bridgehead atoms. The van der Waals surface area contributed by atoms with Gasteiger partial charge in [0.15, 0.2) is 0 Å². The van der Waals surface area contributed by atoms with Crippen molar-refractivity contribution < 1.29 is 0 Å². The van der Waals surface area contributed by atoms with Crippen LogP contribution in [0.25, 0.3) is 0 Å². The summed E-state index contributed by atoms with van der Waals surface area (Å²) >= 11 is 0. The smallest absolute Gasteiger partial charge is 0.223 e. The number of anilines is 2. The summed E-state index contributed by atoms with van der Waals surface area (Å²) in [6.45, 7) is 6.87. The van der Waals surface area contributed by atoms with Gasteiger partial charge in [0.1, 0.15) is 0 Å². The monoisotopic (exact) mass is 194 g/mol. The summed E-state index contributed by atoms with van der Waals surface area (Å²) in [6, 6.07) is 0. The minimum absolute atomic E-state index is 0.683. The number of nitrogens with zero attached hydrogens (tertiary/aromatic N) is 2. The molecule has 78 valence electrons. The summed E-state index contributed by atoms with van der Waals surface area (Å²) in [6.07, 6.45) is 2.30. The maximum Gasteiger partial charge on any atom is 0.223 e. The largest absolute Gasteiger partial charge is 0.396 e. The third-order valence-electron chi connectivity index (χ3n) is 2.14. The van der Waals surface area contributed by atoms with Crippen molar-refractivity contribution in [2.75, 3.05) is 17.6 Å². The van der Waals surface area contributed by atoms with Crippen molar-refractivity contribution in [1.82, 2.24) is 9.97 Å². The lowest BCUT2D eigenvalue weighted by molar-refractivity contribution is 0.824. The SMILES string of the molecule is CCCCNc1nc(C)c(N)c(C)n1. The van der Waals surface area contributed by atoms with Gasteiger partial charge in [0.2, 0.25) is 5.95 Å². The lowest BCUT2D eigenvalue weighted by Gasteiger charge is -2.08. The maximum atomic E-state index is 5.75. The Bertz CT molecular complexity index is 286. The van der Waals surface area contributed by atoms with E-state index in [1.807, 2.05) is 13.8 Å². The summed E-state index contributed by atoms with van der Waals surface area (Å²) in [5.41, 5.74) is 8.13. The summed E-state index contributed by atoms with van der Waals surface area (Å²) in [4.78, 5) is 8.52. The van der Waals surface area contributed by atoms with Crippen molar-refractivity contribution in [3.63, 3.8) is 0 Å². The van der Waals surface area contributed by atoms with E-state index in [9.17, 15) is 0 Å². The topological polar surface area (TPSA) is 63.8 Å². The van der Waals surface area contributed by atoms with Gasteiger partial charge >= 0.3 is 0 Å². The van der Waals surface area contributed by atoms with Gasteiger partial charge in [0.25, 0.3) is 0 Å². The quantitative estimate of drug-likeness (QED) is 0.718. The van der Waals surface area contributed by atoms with E-state index >= 15 is 0 Å². The number of aryl methyl sites for hydroxylation is 2. The zero-order valence-corrected chi connectivity index (χ0v) is 9.09. The van der Waals surface area contributed by atoms with Crippen LogP contribution in [0.15, 0.2) is 0 Å². The first-order chi connectivity index (χ1) is 6.65. The van der Waals surface area contributed by atoms with Crippen LogP contribution in [0.2, 0.25) is 0 Å². The molecule has 0 aliphatic carbocycles. The molecule has 14 heavy (non-hydrogen) atoms. The molecule has 1 aromatic rings. The molecule has 0 aromatic carbocycles. The number of rotatable bonds is 4. The lowest BCUT2D eigenvalue weighted by Crippen LogP contribution is -2.08. The summed E-state index contributed by atoms with van der Waals surface area (Å²) < 4.78 is 0. The zero-order valence-electron chi connectivity index (χ0n) is 9.09. The highest BCUT2D eigenvalue weighted by Gasteiger charge is 2.03. The van der Waals surface area contributed by atoms with E-state index in [0.717, 1.165) is 24.4 Å².